The van der Waals surface area contributed by atoms with Crippen LogP contribution in [0.2, 0.25) is 0 Å². The van der Waals surface area contributed by atoms with Gasteiger partial charge in [0.15, 0.2) is 23.3 Å². The van der Waals surface area contributed by atoms with Crippen LogP contribution in [-0.2, 0) is 27.4 Å². The number of phenols is 2. The van der Waals surface area contributed by atoms with E-state index in [1.165, 1.54) is 29.8 Å². The van der Waals surface area contributed by atoms with Gasteiger partial charge >= 0.3 is 11.9 Å². The van der Waals surface area contributed by atoms with E-state index < -0.39 is 56.2 Å². The van der Waals surface area contributed by atoms with Gasteiger partial charge in [-0.1, -0.05) is 48.5 Å². The summed E-state index contributed by atoms with van der Waals surface area (Å²) in [6.07, 6.45) is 4.05. The molecule has 2 atom stereocenters. The Balaban J connectivity index is 1.07. The minimum atomic E-state index is -1.60. The molecule has 0 aliphatic carbocycles. The van der Waals surface area contributed by atoms with Gasteiger partial charge in [0.1, 0.15) is 27.7 Å². The van der Waals surface area contributed by atoms with Crippen LogP contribution in [0.3, 0.4) is 0 Å². The molecule has 5 aromatic rings. The smallest absolute Gasteiger partial charge is 0.340 e. The minimum absolute atomic E-state index is 0.0227. The van der Waals surface area contributed by atoms with E-state index in [1.54, 1.807) is 60.8 Å². The number of hydrogen-bond donors (Lipinski definition) is 5. The predicted molar refractivity (Wildman–Crippen MR) is 222 cm³/mol. The standard InChI is InChI=1S/C44H44N4O11S/c1-24-13-16-31(57-5)30(18-24)46-40(52)35(36(49)25-10-7-6-8-11-25)48-20-27(45-23-48)12-9-17-58-21-26-14-15-29-39(37(26)50)59-32-19-28(41(53)54)33(42(55)56)38(51)34(32)44(29)47(4)22-43(2,3)60-44/h6-8,10-11,13-16,18-20,23,35,50-51H,9,12,17,21-22H2,1-5H3,(H,46,52)(H,53,54)(H,55,56). The number of anilines is 1. The second-order valence-electron chi connectivity index (χ2n) is 15.3. The van der Waals surface area contributed by atoms with Crippen molar-refractivity contribution in [1.82, 2.24) is 14.5 Å². The fourth-order valence-electron chi connectivity index (χ4n) is 7.93. The average Bonchev–Trinajstić information content (AvgIpc) is 3.75. The fourth-order valence-corrected chi connectivity index (χ4v) is 9.78. The number of aromatic nitrogens is 2. The van der Waals surface area contributed by atoms with E-state index >= 15 is 0 Å². The monoisotopic (exact) mass is 836 g/mol. The summed E-state index contributed by atoms with van der Waals surface area (Å²) in [7, 11) is 3.31. The van der Waals surface area contributed by atoms with Crippen LogP contribution in [0.25, 0.3) is 0 Å². The number of aromatic hydroxyl groups is 2. The zero-order valence-electron chi connectivity index (χ0n) is 33.5. The molecular formula is C44H44N4O11S. The van der Waals surface area contributed by atoms with Crippen LogP contribution < -0.4 is 14.8 Å². The Bertz CT molecular complexity index is 2520. The maximum absolute atomic E-state index is 13.8. The van der Waals surface area contributed by atoms with Crippen molar-refractivity contribution in [3.8, 4) is 28.7 Å². The topological polar surface area (TPSA) is 210 Å². The van der Waals surface area contributed by atoms with E-state index in [2.05, 4.69) is 10.3 Å². The second-order valence-corrected chi connectivity index (χ2v) is 17.2. The predicted octanol–water partition coefficient (Wildman–Crippen LogP) is 6.98. The van der Waals surface area contributed by atoms with Gasteiger partial charge in [-0.15, -0.1) is 11.8 Å². The van der Waals surface area contributed by atoms with Gasteiger partial charge in [-0.2, -0.15) is 0 Å². The van der Waals surface area contributed by atoms with Gasteiger partial charge in [0.25, 0.3) is 5.91 Å². The average molecular weight is 837 g/mol. The highest BCUT2D eigenvalue weighted by molar-refractivity contribution is 8.02. The van der Waals surface area contributed by atoms with Crippen LogP contribution in [-0.4, -0.2) is 90.6 Å². The van der Waals surface area contributed by atoms with E-state index in [0.717, 1.165) is 11.6 Å². The number of amides is 1. The van der Waals surface area contributed by atoms with Gasteiger partial charge in [0.2, 0.25) is 0 Å². The number of aromatic carboxylic acids is 2. The van der Waals surface area contributed by atoms with E-state index in [0.29, 0.717) is 53.2 Å². The molecule has 3 heterocycles. The zero-order valence-corrected chi connectivity index (χ0v) is 34.3. The number of carboxylic acids is 2. The Labute approximate surface area is 349 Å². The molecule has 60 heavy (non-hydrogen) atoms. The first-order valence-electron chi connectivity index (χ1n) is 19.0. The quantitative estimate of drug-likeness (QED) is 0.0434. The number of benzene rings is 4. The number of aryl methyl sites for hydroxylation is 2. The number of nitrogens with zero attached hydrogens (tertiary/aromatic N) is 3. The fraction of sp³-hybridized carbons (Fsp3) is 0.295. The number of carbonyl (C=O) groups excluding carboxylic acids is 2. The van der Waals surface area contributed by atoms with Crippen molar-refractivity contribution >= 4 is 41.1 Å². The molecule has 15 nitrogen and oxygen atoms in total. The summed E-state index contributed by atoms with van der Waals surface area (Å²) in [6, 6.07) is 17.1. The van der Waals surface area contributed by atoms with Crippen LogP contribution in [0.1, 0.15) is 85.3 Å². The molecule has 1 amide bonds. The highest BCUT2D eigenvalue weighted by Crippen LogP contribution is 2.66. The van der Waals surface area contributed by atoms with Crippen LogP contribution in [0.5, 0.6) is 28.7 Å². The number of rotatable bonds is 14. The van der Waals surface area contributed by atoms with Gasteiger partial charge < -0.3 is 44.5 Å². The number of carbonyl (C=O) groups is 4. The number of ketones is 1. The van der Waals surface area contributed by atoms with Crippen molar-refractivity contribution in [2.24, 2.45) is 0 Å². The Hall–Kier alpha value is -6.36. The molecule has 0 radical (unpaired) electrons. The lowest BCUT2D eigenvalue weighted by molar-refractivity contribution is -0.118. The van der Waals surface area contributed by atoms with E-state index in [1.807, 2.05) is 38.8 Å². The third-order valence-corrected chi connectivity index (χ3v) is 12.2. The molecule has 1 aromatic heterocycles. The number of ether oxygens (including phenoxy) is 3. The molecule has 1 saturated heterocycles. The first-order valence-corrected chi connectivity index (χ1v) is 19.8. The molecule has 16 heteroatoms. The number of phenolic OH excluding ortho intramolecular Hbond substituents is 1. The number of imidazole rings is 1. The van der Waals surface area contributed by atoms with E-state index in [-0.39, 0.29) is 36.0 Å². The summed E-state index contributed by atoms with van der Waals surface area (Å²) in [6.45, 7) is 6.60. The molecular weight excluding hydrogens is 793 g/mol. The van der Waals surface area contributed by atoms with E-state index in [9.17, 15) is 39.6 Å². The van der Waals surface area contributed by atoms with Crippen molar-refractivity contribution in [3.05, 3.63) is 124 Å². The lowest BCUT2D eigenvalue weighted by atomic mass is 9.87. The Kier molecular flexibility index (Phi) is 11.4. The number of thioether (sulfide) groups is 1. The summed E-state index contributed by atoms with van der Waals surface area (Å²) in [5.74, 6) is -4.72. The van der Waals surface area contributed by atoms with Gasteiger partial charge in [-0.05, 0) is 64.4 Å². The van der Waals surface area contributed by atoms with Gasteiger partial charge in [0, 0.05) is 40.8 Å². The van der Waals surface area contributed by atoms with Crippen LogP contribution >= 0.6 is 11.8 Å². The van der Waals surface area contributed by atoms with Gasteiger partial charge in [0.05, 0.1) is 42.6 Å². The molecule has 2 aliphatic heterocycles. The highest BCUT2D eigenvalue weighted by atomic mass is 32.2. The lowest BCUT2D eigenvalue weighted by Gasteiger charge is -2.42. The summed E-state index contributed by atoms with van der Waals surface area (Å²) in [5, 5.41) is 45.8. The van der Waals surface area contributed by atoms with E-state index in [4.69, 9.17) is 14.2 Å². The number of hydrogen-bond acceptors (Lipinski definition) is 12. The molecule has 2 unspecified atom stereocenters. The molecule has 5 N–H and O–H groups in total. The third-order valence-electron chi connectivity index (χ3n) is 10.5. The zero-order chi connectivity index (χ0) is 43.1. The summed E-state index contributed by atoms with van der Waals surface area (Å²) >= 11 is 1.43. The van der Waals surface area contributed by atoms with Crippen molar-refractivity contribution in [2.75, 3.05) is 32.6 Å². The summed E-state index contributed by atoms with van der Waals surface area (Å²) < 4.78 is 18.6. The lowest BCUT2D eigenvalue weighted by Crippen LogP contribution is -2.40. The minimum Gasteiger partial charge on any atom is -0.506 e. The van der Waals surface area contributed by atoms with Crippen molar-refractivity contribution in [3.63, 3.8) is 0 Å². The first kappa shape index (κ1) is 41.8. The molecule has 7 rings (SSSR count). The molecule has 4 aromatic carbocycles. The second kappa shape index (κ2) is 16.4. The maximum atomic E-state index is 13.8. The van der Waals surface area contributed by atoms with Crippen LogP contribution in [0.4, 0.5) is 5.69 Å². The van der Waals surface area contributed by atoms with Gasteiger partial charge in [-0.3, -0.25) is 14.5 Å². The Morgan fingerprint density at radius 2 is 1.75 bits per heavy atom. The normalized spacial score (nSPS) is 17.0. The van der Waals surface area contributed by atoms with Crippen LogP contribution in [0, 0.1) is 6.92 Å². The highest BCUT2D eigenvalue weighted by Gasteiger charge is 2.57. The molecule has 1 spiro atoms. The molecule has 312 valence electrons. The first-order chi connectivity index (χ1) is 28.6. The number of methoxy groups -OCH3 is 1. The molecule has 0 bridgehead atoms. The van der Waals surface area contributed by atoms with Crippen molar-refractivity contribution in [1.29, 1.82) is 0 Å². The number of nitrogens with one attached hydrogen (secondary N) is 1. The van der Waals surface area contributed by atoms with Gasteiger partial charge in [-0.25, -0.2) is 14.6 Å². The summed E-state index contributed by atoms with van der Waals surface area (Å²) in [4.78, 5) is 57.1. The molecule has 2 aliphatic rings. The number of carboxylic acid groups (broad SMARTS) is 2. The Morgan fingerprint density at radius 1 is 1.00 bits per heavy atom. The van der Waals surface area contributed by atoms with Crippen molar-refractivity contribution in [2.45, 2.75) is 55.9 Å². The van der Waals surface area contributed by atoms with Crippen LogP contribution in [0.15, 0.2) is 79.3 Å². The summed E-state index contributed by atoms with van der Waals surface area (Å²) in [5.41, 5.74) is 1.82. The third kappa shape index (κ3) is 7.64. The molecule has 0 saturated carbocycles. The maximum Gasteiger partial charge on any atom is 0.340 e. The number of fused-ring (bicyclic) bond motifs is 4. The largest absolute Gasteiger partial charge is 0.506 e. The number of Topliss-reactive ketones (excluding diaryl/α,β-unsaturated/α-hetero) is 1. The molecule has 1 fully saturated rings. The Morgan fingerprint density at radius 3 is 2.42 bits per heavy atom. The SMILES string of the molecule is COc1ccc(C)cc1NC(=O)C(C(=O)c1ccccc1)n1cnc(CCCOCc2ccc3c(c2O)Oc2cc(C(=O)O)c(C(=O)O)c(O)c2C32SC(C)(C)CN2C)c1. The van der Waals surface area contributed by atoms with Crippen molar-refractivity contribution < 1.29 is 53.8 Å².